The first kappa shape index (κ1) is 15.0. The minimum atomic E-state index is -4.68. The fourth-order valence-corrected chi connectivity index (χ4v) is 1.46. The molecule has 0 saturated heterocycles. The molecular formula is C12H11F3N2O2. The van der Waals surface area contributed by atoms with Crippen LogP contribution < -0.4 is 5.32 Å². The van der Waals surface area contributed by atoms with Gasteiger partial charge in [0.15, 0.2) is 5.92 Å². The van der Waals surface area contributed by atoms with Gasteiger partial charge in [0.05, 0.1) is 6.07 Å². The molecule has 0 amide bonds. The Morgan fingerprint density at radius 1 is 1.37 bits per heavy atom. The molecule has 0 saturated carbocycles. The van der Waals surface area contributed by atoms with Gasteiger partial charge in [-0.3, -0.25) is 10.1 Å². The van der Waals surface area contributed by atoms with E-state index in [0.29, 0.717) is 5.56 Å². The van der Waals surface area contributed by atoms with Gasteiger partial charge < -0.3 is 5.11 Å². The molecule has 19 heavy (non-hydrogen) atoms. The fraction of sp³-hybridized carbons (Fsp3) is 0.333. The van der Waals surface area contributed by atoms with Crippen LogP contribution in [0.1, 0.15) is 11.6 Å². The van der Waals surface area contributed by atoms with Crippen molar-refractivity contribution < 1.29 is 23.1 Å². The molecule has 0 aliphatic heterocycles. The molecular weight excluding hydrogens is 261 g/mol. The zero-order valence-electron chi connectivity index (χ0n) is 9.69. The van der Waals surface area contributed by atoms with Crippen LogP contribution >= 0.6 is 0 Å². The first-order valence-electron chi connectivity index (χ1n) is 5.33. The van der Waals surface area contributed by atoms with Crippen molar-refractivity contribution >= 4 is 5.97 Å². The van der Waals surface area contributed by atoms with Gasteiger partial charge in [-0.25, -0.2) is 0 Å². The SMILES string of the molecule is N#CC(CNC(C(=O)O)c1ccccc1)C(F)(F)F. The number of hydrogen-bond donors (Lipinski definition) is 2. The zero-order chi connectivity index (χ0) is 14.5. The van der Waals surface area contributed by atoms with Crippen molar-refractivity contribution in [2.75, 3.05) is 6.54 Å². The quantitative estimate of drug-likeness (QED) is 0.861. The van der Waals surface area contributed by atoms with Crippen LogP contribution in [0, 0.1) is 17.2 Å². The number of rotatable bonds is 5. The van der Waals surface area contributed by atoms with Crippen molar-refractivity contribution in [3.8, 4) is 6.07 Å². The van der Waals surface area contributed by atoms with E-state index in [0.717, 1.165) is 6.07 Å². The van der Waals surface area contributed by atoms with Crippen LogP contribution in [0.25, 0.3) is 0 Å². The van der Waals surface area contributed by atoms with Gasteiger partial charge in [0.25, 0.3) is 0 Å². The summed E-state index contributed by atoms with van der Waals surface area (Å²) >= 11 is 0. The molecule has 0 fully saturated rings. The Labute approximate surface area is 107 Å². The van der Waals surface area contributed by atoms with Gasteiger partial charge in [-0.2, -0.15) is 18.4 Å². The maximum Gasteiger partial charge on any atom is 0.405 e. The van der Waals surface area contributed by atoms with E-state index < -0.39 is 30.7 Å². The number of alkyl halides is 3. The van der Waals surface area contributed by atoms with Crippen LogP contribution in [0.3, 0.4) is 0 Å². The summed E-state index contributed by atoms with van der Waals surface area (Å²) in [4.78, 5) is 11.0. The minimum absolute atomic E-state index is 0.328. The highest BCUT2D eigenvalue weighted by Gasteiger charge is 2.40. The number of halogens is 3. The molecule has 0 aliphatic carbocycles. The third-order valence-electron chi connectivity index (χ3n) is 2.46. The van der Waals surface area contributed by atoms with Crippen LogP contribution in [0.4, 0.5) is 13.2 Å². The Morgan fingerprint density at radius 2 is 1.95 bits per heavy atom. The van der Waals surface area contributed by atoms with Gasteiger partial charge in [-0.1, -0.05) is 30.3 Å². The maximum absolute atomic E-state index is 12.4. The average Bonchev–Trinajstić information content (AvgIpc) is 2.33. The molecule has 2 N–H and O–H groups in total. The highest BCUT2D eigenvalue weighted by molar-refractivity contribution is 5.75. The fourth-order valence-electron chi connectivity index (χ4n) is 1.46. The van der Waals surface area contributed by atoms with E-state index >= 15 is 0 Å². The van der Waals surface area contributed by atoms with Gasteiger partial charge in [-0.05, 0) is 5.56 Å². The van der Waals surface area contributed by atoms with Crippen LogP contribution in [0.2, 0.25) is 0 Å². The molecule has 0 heterocycles. The monoisotopic (exact) mass is 272 g/mol. The zero-order valence-corrected chi connectivity index (χ0v) is 9.69. The molecule has 2 unspecified atom stereocenters. The second kappa shape index (κ2) is 6.20. The van der Waals surface area contributed by atoms with Crippen molar-refractivity contribution in [1.82, 2.24) is 5.32 Å². The summed E-state index contributed by atoms with van der Waals surface area (Å²) in [5, 5.41) is 19.7. The molecule has 0 spiro atoms. The van der Waals surface area contributed by atoms with Crippen molar-refractivity contribution in [2.24, 2.45) is 5.92 Å². The summed E-state index contributed by atoms with van der Waals surface area (Å²) in [7, 11) is 0. The van der Waals surface area contributed by atoms with E-state index in [-0.39, 0.29) is 0 Å². The van der Waals surface area contributed by atoms with E-state index in [1.807, 2.05) is 0 Å². The smallest absolute Gasteiger partial charge is 0.405 e. The highest BCUT2D eigenvalue weighted by Crippen LogP contribution is 2.25. The lowest BCUT2D eigenvalue weighted by Gasteiger charge is -2.18. The van der Waals surface area contributed by atoms with Crippen LogP contribution in [0.5, 0.6) is 0 Å². The highest BCUT2D eigenvalue weighted by atomic mass is 19.4. The molecule has 2 atom stereocenters. The van der Waals surface area contributed by atoms with Gasteiger partial charge >= 0.3 is 12.1 Å². The molecule has 1 aromatic rings. The molecule has 0 radical (unpaired) electrons. The number of nitriles is 1. The number of aliphatic carboxylic acids is 1. The predicted molar refractivity (Wildman–Crippen MR) is 60.0 cm³/mol. The number of carbonyl (C=O) groups is 1. The molecule has 102 valence electrons. The summed E-state index contributed by atoms with van der Waals surface area (Å²) in [5.41, 5.74) is 0.328. The van der Waals surface area contributed by atoms with Gasteiger partial charge in [0.1, 0.15) is 6.04 Å². The molecule has 1 aromatic carbocycles. The van der Waals surface area contributed by atoms with E-state index in [2.05, 4.69) is 5.32 Å². The summed E-state index contributed by atoms with van der Waals surface area (Å²) in [6, 6.07) is 7.63. The lowest BCUT2D eigenvalue weighted by molar-refractivity contribution is -0.159. The van der Waals surface area contributed by atoms with Gasteiger partial charge in [-0.15, -0.1) is 0 Å². The van der Waals surface area contributed by atoms with E-state index in [4.69, 9.17) is 10.4 Å². The molecule has 0 aliphatic rings. The van der Waals surface area contributed by atoms with Crippen molar-refractivity contribution in [3.05, 3.63) is 35.9 Å². The number of nitrogens with zero attached hydrogens (tertiary/aromatic N) is 1. The average molecular weight is 272 g/mol. The third kappa shape index (κ3) is 4.26. The van der Waals surface area contributed by atoms with Crippen molar-refractivity contribution in [2.45, 2.75) is 12.2 Å². The Kier molecular flexibility index (Phi) is 4.89. The van der Waals surface area contributed by atoms with Crippen molar-refractivity contribution in [1.29, 1.82) is 5.26 Å². The summed E-state index contributed by atoms with van der Waals surface area (Å²) in [6.07, 6.45) is -4.68. The second-order valence-electron chi connectivity index (χ2n) is 3.81. The lowest BCUT2D eigenvalue weighted by atomic mass is 10.1. The summed E-state index contributed by atoms with van der Waals surface area (Å²) in [5.74, 6) is -3.54. The Bertz CT molecular complexity index is 468. The minimum Gasteiger partial charge on any atom is -0.480 e. The molecule has 4 nitrogen and oxygen atoms in total. The van der Waals surface area contributed by atoms with Gasteiger partial charge in [0, 0.05) is 6.54 Å². The van der Waals surface area contributed by atoms with Crippen molar-refractivity contribution in [3.63, 3.8) is 0 Å². The van der Waals surface area contributed by atoms with E-state index in [1.54, 1.807) is 18.2 Å². The largest absolute Gasteiger partial charge is 0.480 e. The van der Waals surface area contributed by atoms with Crippen LogP contribution in [-0.2, 0) is 4.79 Å². The molecule has 7 heteroatoms. The van der Waals surface area contributed by atoms with E-state index in [9.17, 15) is 18.0 Å². The molecule has 0 bridgehead atoms. The number of nitrogens with one attached hydrogen (secondary N) is 1. The number of benzene rings is 1. The van der Waals surface area contributed by atoms with Gasteiger partial charge in [0.2, 0.25) is 0 Å². The normalized spacial score (nSPS) is 14.4. The Hall–Kier alpha value is -2.07. The Balaban J connectivity index is 2.77. The second-order valence-corrected chi connectivity index (χ2v) is 3.81. The maximum atomic E-state index is 12.4. The number of carboxylic acid groups (broad SMARTS) is 1. The number of hydrogen-bond acceptors (Lipinski definition) is 3. The van der Waals surface area contributed by atoms with Crippen LogP contribution in [0.15, 0.2) is 30.3 Å². The van der Waals surface area contributed by atoms with Crippen LogP contribution in [-0.4, -0.2) is 23.8 Å². The predicted octanol–water partition coefficient (Wildman–Crippen LogP) is 2.10. The molecule has 1 rings (SSSR count). The van der Waals surface area contributed by atoms with E-state index in [1.165, 1.54) is 12.1 Å². The Morgan fingerprint density at radius 3 is 2.37 bits per heavy atom. The standard InChI is InChI=1S/C12H11F3N2O2/c13-12(14,15)9(6-16)7-17-10(11(18)19)8-4-2-1-3-5-8/h1-5,9-10,17H,7H2,(H,18,19). The first-order chi connectivity index (χ1) is 8.86. The summed E-state index contributed by atoms with van der Waals surface area (Å²) < 4.78 is 37.1. The lowest BCUT2D eigenvalue weighted by Crippen LogP contribution is -2.37. The third-order valence-corrected chi connectivity index (χ3v) is 2.46. The first-order valence-corrected chi connectivity index (χ1v) is 5.33. The summed E-state index contributed by atoms with van der Waals surface area (Å²) in [6.45, 7) is -0.772. The molecule has 0 aromatic heterocycles. The topological polar surface area (TPSA) is 73.1 Å². The number of carboxylic acids is 1.